The lowest BCUT2D eigenvalue weighted by atomic mass is 10.0. The fraction of sp³-hybridized carbons (Fsp3) is 0.417. The van der Waals surface area contributed by atoms with E-state index in [1.165, 1.54) is 0 Å². The van der Waals surface area contributed by atoms with Crippen LogP contribution in [0.5, 0.6) is 5.75 Å². The predicted octanol–water partition coefficient (Wildman–Crippen LogP) is 1.66. The van der Waals surface area contributed by atoms with E-state index in [0.717, 1.165) is 5.69 Å². The highest BCUT2D eigenvalue weighted by Crippen LogP contribution is 2.23. The third kappa shape index (κ3) is 2.02. The average molecular weight is 220 g/mol. The summed E-state index contributed by atoms with van der Waals surface area (Å²) in [6.07, 6.45) is 0.526. The molecule has 1 saturated heterocycles. The zero-order valence-corrected chi connectivity index (χ0v) is 9.47. The summed E-state index contributed by atoms with van der Waals surface area (Å²) in [5, 5.41) is 10.7. The molecule has 16 heavy (non-hydrogen) atoms. The second-order valence-electron chi connectivity index (χ2n) is 4.43. The first-order valence-corrected chi connectivity index (χ1v) is 5.46. The zero-order chi connectivity index (χ0) is 11.7. The van der Waals surface area contributed by atoms with Gasteiger partial charge in [-0.25, -0.2) is 10.4 Å². The molecule has 0 bridgehead atoms. The van der Waals surface area contributed by atoms with Crippen LogP contribution in [0.4, 0.5) is 5.69 Å². The Labute approximate surface area is 94.9 Å². The second-order valence-corrected chi connectivity index (χ2v) is 4.43. The van der Waals surface area contributed by atoms with E-state index < -0.39 is 0 Å². The van der Waals surface area contributed by atoms with Gasteiger partial charge in [-0.05, 0) is 30.2 Å². The number of amides is 1. The largest absolute Gasteiger partial charge is 0.508 e. The molecule has 1 aromatic carbocycles. The summed E-state index contributed by atoms with van der Waals surface area (Å²) in [5.74, 6) is 0.700. The van der Waals surface area contributed by atoms with Gasteiger partial charge in [0.1, 0.15) is 5.75 Å². The number of nitrogens with zero attached hydrogens (tertiary/aromatic N) is 1. The number of hydrogen-bond donors (Lipinski definition) is 2. The van der Waals surface area contributed by atoms with Crippen molar-refractivity contribution in [2.24, 2.45) is 5.92 Å². The van der Waals surface area contributed by atoms with Crippen LogP contribution in [0.1, 0.15) is 20.3 Å². The van der Waals surface area contributed by atoms with Gasteiger partial charge in [0.2, 0.25) is 5.91 Å². The molecule has 1 aliphatic rings. The van der Waals surface area contributed by atoms with E-state index in [9.17, 15) is 9.90 Å². The van der Waals surface area contributed by atoms with E-state index in [1.54, 1.807) is 29.3 Å². The Hall–Kier alpha value is -1.55. The molecule has 2 N–H and O–H groups in total. The van der Waals surface area contributed by atoms with Crippen LogP contribution in [0.25, 0.3) is 0 Å². The van der Waals surface area contributed by atoms with E-state index >= 15 is 0 Å². The van der Waals surface area contributed by atoms with Gasteiger partial charge in [0.05, 0.1) is 5.69 Å². The van der Waals surface area contributed by atoms with Crippen molar-refractivity contribution in [1.29, 1.82) is 0 Å². The third-order valence-electron chi connectivity index (χ3n) is 2.85. The van der Waals surface area contributed by atoms with Crippen LogP contribution in [0.2, 0.25) is 0 Å². The maximum absolute atomic E-state index is 11.8. The number of rotatable bonds is 2. The number of benzene rings is 1. The molecule has 0 aliphatic carbocycles. The van der Waals surface area contributed by atoms with Gasteiger partial charge < -0.3 is 5.11 Å². The lowest BCUT2D eigenvalue weighted by Gasteiger charge is -2.19. The van der Waals surface area contributed by atoms with Gasteiger partial charge in [0.25, 0.3) is 0 Å². The summed E-state index contributed by atoms with van der Waals surface area (Å²) >= 11 is 0. The molecule has 1 aliphatic heterocycles. The second kappa shape index (κ2) is 4.14. The first kappa shape index (κ1) is 11.0. The minimum Gasteiger partial charge on any atom is -0.508 e. The average Bonchev–Trinajstić information content (AvgIpc) is 2.62. The monoisotopic (exact) mass is 220 g/mol. The molecular weight excluding hydrogens is 204 g/mol. The molecule has 0 radical (unpaired) electrons. The van der Waals surface area contributed by atoms with Crippen molar-refractivity contribution < 1.29 is 9.90 Å². The van der Waals surface area contributed by atoms with Crippen LogP contribution in [0.3, 0.4) is 0 Å². The number of nitrogens with one attached hydrogen (secondary N) is 1. The number of aromatic hydroxyl groups is 1. The molecule has 1 heterocycles. The van der Waals surface area contributed by atoms with Crippen LogP contribution in [-0.2, 0) is 4.79 Å². The highest BCUT2D eigenvalue weighted by atomic mass is 16.3. The van der Waals surface area contributed by atoms with Crippen molar-refractivity contribution in [1.82, 2.24) is 5.43 Å². The summed E-state index contributed by atoms with van der Waals surface area (Å²) in [5.41, 5.74) is 3.95. The topological polar surface area (TPSA) is 52.6 Å². The number of carbonyl (C=O) groups is 1. The minimum absolute atomic E-state index is 0.0735. The van der Waals surface area contributed by atoms with Crippen molar-refractivity contribution in [2.45, 2.75) is 26.3 Å². The normalized spacial score (nSPS) is 20.8. The molecular formula is C12H16N2O2. The Morgan fingerprint density at radius 1 is 1.38 bits per heavy atom. The van der Waals surface area contributed by atoms with Crippen LogP contribution in [-0.4, -0.2) is 17.1 Å². The molecule has 1 atom stereocenters. The molecule has 0 spiro atoms. The SMILES string of the molecule is CC(C)C1CC(=O)N(c2ccc(O)cc2)N1. The maximum Gasteiger partial charge on any atom is 0.243 e. The summed E-state index contributed by atoms with van der Waals surface area (Å²) in [6, 6.07) is 6.80. The number of phenolic OH excluding ortho intramolecular Hbond substituents is 1. The molecule has 1 aromatic rings. The molecule has 1 unspecified atom stereocenters. The fourth-order valence-electron chi connectivity index (χ4n) is 1.77. The third-order valence-corrected chi connectivity index (χ3v) is 2.85. The Morgan fingerprint density at radius 3 is 2.50 bits per heavy atom. The standard InChI is InChI=1S/C12H16N2O2/c1-8(2)11-7-12(16)14(13-11)9-3-5-10(15)6-4-9/h3-6,8,11,13,15H,7H2,1-2H3. The van der Waals surface area contributed by atoms with Crippen LogP contribution in [0.15, 0.2) is 24.3 Å². The first-order chi connectivity index (χ1) is 7.58. The zero-order valence-electron chi connectivity index (χ0n) is 9.47. The lowest BCUT2D eigenvalue weighted by molar-refractivity contribution is -0.117. The Morgan fingerprint density at radius 2 is 2.00 bits per heavy atom. The number of hydrogen-bond acceptors (Lipinski definition) is 3. The van der Waals surface area contributed by atoms with Crippen LogP contribution >= 0.6 is 0 Å². The summed E-state index contributed by atoms with van der Waals surface area (Å²) < 4.78 is 0. The number of phenols is 1. The van der Waals surface area contributed by atoms with Crippen molar-refractivity contribution in [3.8, 4) is 5.75 Å². The summed E-state index contributed by atoms with van der Waals surface area (Å²) in [7, 11) is 0. The van der Waals surface area contributed by atoms with Gasteiger partial charge in [-0.3, -0.25) is 4.79 Å². The summed E-state index contributed by atoms with van der Waals surface area (Å²) in [4.78, 5) is 11.8. The molecule has 1 amide bonds. The van der Waals surface area contributed by atoms with Gasteiger partial charge in [0, 0.05) is 12.5 Å². The van der Waals surface area contributed by atoms with E-state index in [1.807, 2.05) is 0 Å². The molecule has 1 fully saturated rings. The van der Waals surface area contributed by atoms with Gasteiger partial charge in [-0.15, -0.1) is 0 Å². The van der Waals surface area contributed by atoms with E-state index in [-0.39, 0.29) is 17.7 Å². The minimum atomic E-state index is 0.0735. The van der Waals surface area contributed by atoms with Crippen molar-refractivity contribution in [3.05, 3.63) is 24.3 Å². The predicted molar refractivity (Wildman–Crippen MR) is 62.0 cm³/mol. The van der Waals surface area contributed by atoms with E-state index in [4.69, 9.17) is 0 Å². The van der Waals surface area contributed by atoms with Gasteiger partial charge in [0.15, 0.2) is 0 Å². The Bertz CT molecular complexity index is 387. The van der Waals surface area contributed by atoms with Crippen molar-refractivity contribution >= 4 is 11.6 Å². The highest BCUT2D eigenvalue weighted by molar-refractivity contribution is 5.94. The van der Waals surface area contributed by atoms with E-state index in [0.29, 0.717) is 12.3 Å². The highest BCUT2D eigenvalue weighted by Gasteiger charge is 2.31. The Balaban J connectivity index is 2.16. The summed E-state index contributed by atoms with van der Waals surface area (Å²) in [6.45, 7) is 4.18. The number of anilines is 1. The molecule has 86 valence electrons. The van der Waals surface area contributed by atoms with Gasteiger partial charge in [-0.2, -0.15) is 0 Å². The number of hydrazine groups is 1. The first-order valence-electron chi connectivity index (χ1n) is 5.46. The lowest BCUT2D eigenvalue weighted by Crippen LogP contribution is -2.39. The van der Waals surface area contributed by atoms with Crippen molar-refractivity contribution in [3.63, 3.8) is 0 Å². The smallest absolute Gasteiger partial charge is 0.243 e. The van der Waals surface area contributed by atoms with Crippen molar-refractivity contribution in [2.75, 3.05) is 5.01 Å². The van der Waals surface area contributed by atoms with E-state index in [2.05, 4.69) is 19.3 Å². The number of carbonyl (C=O) groups excluding carboxylic acids is 1. The fourth-order valence-corrected chi connectivity index (χ4v) is 1.77. The molecule has 0 aromatic heterocycles. The quantitative estimate of drug-likeness (QED) is 0.797. The molecule has 2 rings (SSSR count). The van der Waals surface area contributed by atoms with Gasteiger partial charge in [-0.1, -0.05) is 13.8 Å². The molecule has 4 heteroatoms. The van der Waals surface area contributed by atoms with Crippen LogP contribution < -0.4 is 10.4 Å². The molecule has 0 saturated carbocycles. The maximum atomic E-state index is 11.8. The Kier molecular flexibility index (Phi) is 2.83. The molecule has 4 nitrogen and oxygen atoms in total. The van der Waals surface area contributed by atoms with Crippen LogP contribution in [0, 0.1) is 5.92 Å². The van der Waals surface area contributed by atoms with Gasteiger partial charge >= 0.3 is 0 Å².